The van der Waals surface area contributed by atoms with Crippen LogP contribution in [0.4, 0.5) is 0 Å². The first-order valence-electron chi connectivity index (χ1n) is 4.19. The zero-order valence-electron chi connectivity index (χ0n) is 8.97. The SMILES string of the molecule is C=C(C)C(=O)OC(C)(C)C(C)(O)[SiH3]. The Kier molecular flexibility index (Phi) is 3.46. The highest BCUT2D eigenvalue weighted by Gasteiger charge is 2.38. The van der Waals surface area contributed by atoms with Gasteiger partial charge in [-0.1, -0.05) is 6.58 Å². The first-order valence-corrected chi connectivity index (χ1v) is 5.19. The highest BCUT2D eigenvalue weighted by molar-refractivity contribution is 6.15. The number of hydrogen-bond acceptors (Lipinski definition) is 3. The molecule has 13 heavy (non-hydrogen) atoms. The molecule has 1 atom stereocenters. The Morgan fingerprint density at radius 3 is 2.08 bits per heavy atom. The molecule has 0 aliphatic rings. The minimum absolute atomic E-state index is 0.346. The number of ether oxygens (including phenoxy) is 1. The van der Waals surface area contributed by atoms with E-state index in [0.29, 0.717) is 15.8 Å². The second-order valence-electron chi connectivity index (χ2n) is 4.24. The van der Waals surface area contributed by atoms with Crippen LogP contribution < -0.4 is 0 Å². The molecule has 0 spiro atoms. The van der Waals surface area contributed by atoms with Gasteiger partial charge in [-0.25, -0.2) is 4.79 Å². The van der Waals surface area contributed by atoms with Crippen molar-refractivity contribution in [3.8, 4) is 0 Å². The maximum atomic E-state index is 11.2. The van der Waals surface area contributed by atoms with Crippen molar-refractivity contribution in [1.29, 1.82) is 0 Å². The maximum Gasteiger partial charge on any atom is 0.333 e. The third kappa shape index (κ3) is 3.32. The van der Waals surface area contributed by atoms with Crippen molar-refractivity contribution in [2.45, 2.75) is 38.5 Å². The molecular weight excluding hydrogens is 184 g/mol. The molecule has 3 nitrogen and oxygen atoms in total. The quantitative estimate of drug-likeness (QED) is 0.397. The Hall–Kier alpha value is -0.613. The molecule has 0 aromatic rings. The molecule has 0 heterocycles. The minimum Gasteiger partial charge on any atom is -0.454 e. The van der Waals surface area contributed by atoms with E-state index in [1.165, 1.54) is 0 Å². The van der Waals surface area contributed by atoms with Gasteiger partial charge in [0.2, 0.25) is 0 Å². The van der Waals surface area contributed by atoms with Crippen molar-refractivity contribution in [2.24, 2.45) is 0 Å². The molecule has 4 heteroatoms. The van der Waals surface area contributed by atoms with E-state index in [9.17, 15) is 9.90 Å². The summed E-state index contributed by atoms with van der Waals surface area (Å²) in [5.41, 5.74) is -0.506. The van der Waals surface area contributed by atoms with Gasteiger partial charge in [-0.2, -0.15) is 0 Å². The maximum absolute atomic E-state index is 11.2. The van der Waals surface area contributed by atoms with Gasteiger partial charge in [-0.15, -0.1) is 0 Å². The molecule has 0 amide bonds. The van der Waals surface area contributed by atoms with Crippen molar-refractivity contribution >= 4 is 16.2 Å². The lowest BCUT2D eigenvalue weighted by Gasteiger charge is -2.36. The molecule has 0 bridgehead atoms. The average Bonchev–Trinajstić information content (AvgIpc) is 1.83. The molecule has 0 fully saturated rings. The predicted molar refractivity (Wildman–Crippen MR) is 55.5 cm³/mol. The van der Waals surface area contributed by atoms with Crippen molar-refractivity contribution in [1.82, 2.24) is 0 Å². The topological polar surface area (TPSA) is 46.5 Å². The summed E-state index contributed by atoms with van der Waals surface area (Å²) < 4.78 is 5.11. The largest absolute Gasteiger partial charge is 0.454 e. The average molecular weight is 202 g/mol. The Morgan fingerprint density at radius 1 is 1.46 bits per heavy atom. The van der Waals surface area contributed by atoms with E-state index in [4.69, 9.17) is 4.74 Å². The molecule has 76 valence electrons. The highest BCUT2D eigenvalue weighted by Crippen LogP contribution is 2.23. The van der Waals surface area contributed by atoms with Crippen LogP contribution >= 0.6 is 0 Å². The van der Waals surface area contributed by atoms with Gasteiger partial charge in [0.1, 0.15) is 5.60 Å². The Balaban J connectivity index is 4.53. The fourth-order valence-corrected chi connectivity index (χ4v) is 0.546. The Bertz CT molecular complexity index is 226. The number of hydrogen-bond donors (Lipinski definition) is 1. The summed E-state index contributed by atoms with van der Waals surface area (Å²) in [7, 11) is 0.536. The van der Waals surface area contributed by atoms with Crippen molar-refractivity contribution in [3.05, 3.63) is 12.2 Å². The molecule has 0 aliphatic carbocycles. The smallest absolute Gasteiger partial charge is 0.333 e. The van der Waals surface area contributed by atoms with Crippen molar-refractivity contribution in [2.75, 3.05) is 0 Å². The van der Waals surface area contributed by atoms with Gasteiger partial charge in [0.05, 0.1) is 5.22 Å². The third-order valence-corrected chi connectivity index (χ3v) is 3.37. The standard InChI is InChI=1S/C9H18O3Si/c1-6(2)7(10)12-8(3,4)9(5,11)13/h11H,1H2,2-5,13H3. The summed E-state index contributed by atoms with van der Waals surface area (Å²) in [6.07, 6.45) is 0. The molecule has 0 saturated carbocycles. The molecular formula is C9H18O3Si. The predicted octanol–water partition coefficient (Wildman–Crippen LogP) is -0.0418. The fraction of sp³-hybridized carbons (Fsp3) is 0.667. The molecule has 0 saturated heterocycles. The fourth-order valence-electron chi connectivity index (χ4n) is 0.444. The number of carbonyl (C=O) groups excluding carboxylic acids is 1. The van der Waals surface area contributed by atoms with Crippen LogP contribution in [0.15, 0.2) is 12.2 Å². The van der Waals surface area contributed by atoms with E-state index in [2.05, 4.69) is 6.58 Å². The first kappa shape index (κ1) is 12.4. The second kappa shape index (κ2) is 3.63. The number of rotatable bonds is 3. The first-order chi connectivity index (χ1) is 5.58. The van der Waals surface area contributed by atoms with E-state index in [1.807, 2.05) is 0 Å². The third-order valence-electron chi connectivity index (χ3n) is 2.17. The van der Waals surface area contributed by atoms with Gasteiger partial charge in [-0.05, 0) is 27.7 Å². The van der Waals surface area contributed by atoms with E-state index in [1.54, 1.807) is 27.7 Å². The summed E-state index contributed by atoms with van der Waals surface area (Å²) in [6.45, 7) is 10.1. The lowest BCUT2D eigenvalue weighted by molar-refractivity contribution is -0.166. The Morgan fingerprint density at radius 2 is 1.85 bits per heavy atom. The van der Waals surface area contributed by atoms with E-state index < -0.39 is 16.8 Å². The zero-order chi connectivity index (χ0) is 10.9. The normalized spacial score (nSPS) is 16.4. The molecule has 0 radical (unpaired) electrons. The van der Waals surface area contributed by atoms with E-state index in [-0.39, 0.29) is 0 Å². The minimum atomic E-state index is -0.932. The Labute approximate surface area is 82.2 Å². The summed E-state index contributed by atoms with van der Waals surface area (Å²) >= 11 is 0. The summed E-state index contributed by atoms with van der Waals surface area (Å²) in [5, 5.41) is 8.80. The van der Waals surface area contributed by atoms with Gasteiger partial charge >= 0.3 is 5.97 Å². The van der Waals surface area contributed by atoms with Gasteiger partial charge < -0.3 is 9.84 Å². The van der Waals surface area contributed by atoms with Crippen LogP contribution in [0.1, 0.15) is 27.7 Å². The summed E-state index contributed by atoms with van der Waals surface area (Å²) in [4.78, 5) is 11.2. The van der Waals surface area contributed by atoms with E-state index >= 15 is 0 Å². The van der Waals surface area contributed by atoms with Crippen LogP contribution in [-0.2, 0) is 9.53 Å². The van der Waals surface area contributed by atoms with Crippen molar-refractivity contribution in [3.63, 3.8) is 0 Å². The van der Waals surface area contributed by atoms with Crippen molar-refractivity contribution < 1.29 is 14.6 Å². The zero-order valence-corrected chi connectivity index (χ0v) is 11.0. The van der Waals surface area contributed by atoms with Crippen LogP contribution in [0.5, 0.6) is 0 Å². The molecule has 1 unspecified atom stereocenters. The molecule has 0 aliphatic heterocycles. The monoisotopic (exact) mass is 202 g/mol. The molecule has 0 rings (SSSR count). The second-order valence-corrected chi connectivity index (χ2v) is 6.19. The van der Waals surface area contributed by atoms with E-state index in [0.717, 1.165) is 0 Å². The highest BCUT2D eigenvalue weighted by atomic mass is 28.1. The number of carbonyl (C=O) groups is 1. The van der Waals surface area contributed by atoms with Gasteiger partial charge in [0.25, 0.3) is 0 Å². The van der Waals surface area contributed by atoms with Gasteiger partial charge in [0.15, 0.2) is 0 Å². The van der Waals surface area contributed by atoms with Crippen LogP contribution in [0, 0.1) is 0 Å². The lowest BCUT2D eigenvalue weighted by atomic mass is 10.0. The van der Waals surface area contributed by atoms with Gasteiger partial charge in [-0.3, -0.25) is 0 Å². The van der Waals surface area contributed by atoms with Crippen LogP contribution in [0.3, 0.4) is 0 Å². The van der Waals surface area contributed by atoms with Crippen LogP contribution in [0.25, 0.3) is 0 Å². The lowest BCUT2D eigenvalue weighted by Crippen LogP contribution is -2.51. The summed E-state index contributed by atoms with van der Waals surface area (Å²) in [5.74, 6) is -0.457. The molecule has 1 N–H and O–H groups in total. The van der Waals surface area contributed by atoms with Gasteiger partial charge in [0, 0.05) is 15.8 Å². The number of esters is 1. The van der Waals surface area contributed by atoms with Crippen LogP contribution in [0.2, 0.25) is 0 Å². The molecule has 0 aromatic carbocycles. The number of aliphatic hydroxyl groups is 1. The molecule has 0 aromatic heterocycles. The van der Waals surface area contributed by atoms with Crippen LogP contribution in [-0.4, -0.2) is 32.1 Å². The summed E-state index contributed by atoms with van der Waals surface area (Å²) in [6, 6.07) is 0.